The van der Waals surface area contributed by atoms with E-state index in [1.165, 1.54) is 0 Å². The minimum atomic E-state index is -1.12. The summed E-state index contributed by atoms with van der Waals surface area (Å²) in [4.78, 5) is 2.15. The van der Waals surface area contributed by atoms with E-state index in [1.807, 2.05) is 30.3 Å². The molecule has 0 bridgehead atoms. The fourth-order valence-corrected chi connectivity index (χ4v) is 4.25. The lowest BCUT2D eigenvalue weighted by molar-refractivity contribution is -0.0423. The van der Waals surface area contributed by atoms with Crippen molar-refractivity contribution in [2.24, 2.45) is 5.41 Å². The molecular formula is C23H35NO2. The summed E-state index contributed by atoms with van der Waals surface area (Å²) >= 11 is 0. The van der Waals surface area contributed by atoms with E-state index < -0.39 is 5.60 Å². The van der Waals surface area contributed by atoms with Gasteiger partial charge in [0.2, 0.25) is 0 Å². The Morgan fingerprint density at radius 1 is 1.12 bits per heavy atom. The zero-order valence-electron chi connectivity index (χ0n) is 16.9. The van der Waals surface area contributed by atoms with Crippen molar-refractivity contribution in [2.75, 3.05) is 19.7 Å². The van der Waals surface area contributed by atoms with Crippen molar-refractivity contribution >= 4 is 0 Å². The van der Waals surface area contributed by atoms with Gasteiger partial charge < -0.3 is 10.2 Å². The molecule has 1 saturated carbocycles. The van der Waals surface area contributed by atoms with Crippen LogP contribution in [0.2, 0.25) is 0 Å². The van der Waals surface area contributed by atoms with Crippen molar-refractivity contribution in [1.82, 2.24) is 4.90 Å². The van der Waals surface area contributed by atoms with Gasteiger partial charge in [0.05, 0.1) is 13.2 Å². The van der Waals surface area contributed by atoms with E-state index in [-0.39, 0.29) is 17.6 Å². The normalized spacial score (nSPS) is 19.0. The molecule has 0 radical (unpaired) electrons. The topological polar surface area (TPSA) is 43.7 Å². The molecule has 1 fully saturated rings. The molecule has 0 saturated heterocycles. The maximum absolute atomic E-state index is 11.8. The summed E-state index contributed by atoms with van der Waals surface area (Å²) in [5.41, 5.74) is -0.466. The smallest absolute Gasteiger partial charge is 0.156 e. The minimum absolute atomic E-state index is 0.0714. The number of hydrogen-bond acceptors (Lipinski definition) is 3. The Labute approximate surface area is 159 Å². The lowest BCUT2D eigenvalue weighted by Gasteiger charge is -2.42. The zero-order chi connectivity index (χ0) is 19.3. The summed E-state index contributed by atoms with van der Waals surface area (Å²) in [6, 6.07) is 9.94. The Morgan fingerprint density at radius 2 is 1.73 bits per heavy atom. The quantitative estimate of drug-likeness (QED) is 0.758. The molecule has 3 nitrogen and oxygen atoms in total. The van der Waals surface area contributed by atoms with Gasteiger partial charge >= 0.3 is 0 Å². The first kappa shape index (κ1) is 21.0. The fraction of sp³-hybridized carbons (Fsp3) is 0.652. The van der Waals surface area contributed by atoms with Crippen LogP contribution in [-0.4, -0.2) is 40.3 Å². The van der Waals surface area contributed by atoms with Crippen molar-refractivity contribution in [3.05, 3.63) is 35.9 Å². The predicted molar refractivity (Wildman–Crippen MR) is 108 cm³/mol. The largest absolute Gasteiger partial charge is 0.395 e. The third-order valence-corrected chi connectivity index (χ3v) is 6.05. The number of rotatable bonds is 6. The molecule has 1 aliphatic rings. The van der Waals surface area contributed by atoms with E-state index in [9.17, 15) is 10.2 Å². The van der Waals surface area contributed by atoms with E-state index in [4.69, 9.17) is 0 Å². The van der Waals surface area contributed by atoms with E-state index in [0.29, 0.717) is 13.1 Å². The first-order valence-corrected chi connectivity index (χ1v) is 9.93. The van der Waals surface area contributed by atoms with Crippen LogP contribution >= 0.6 is 0 Å². The summed E-state index contributed by atoms with van der Waals surface area (Å²) in [5.74, 6) is 6.56. The SMILES string of the molecule is CCC1(C(O)(C#CCN(CCO)C(C)(C)C)c2ccccc2)CCCC1. The van der Waals surface area contributed by atoms with Gasteiger partial charge in [0, 0.05) is 17.5 Å². The van der Waals surface area contributed by atoms with Crippen LogP contribution in [0, 0.1) is 17.3 Å². The van der Waals surface area contributed by atoms with Crippen LogP contribution in [0.15, 0.2) is 30.3 Å². The van der Waals surface area contributed by atoms with Gasteiger partial charge in [0.1, 0.15) is 0 Å². The molecule has 1 unspecified atom stereocenters. The maximum atomic E-state index is 11.8. The zero-order valence-corrected chi connectivity index (χ0v) is 16.9. The van der Waals surface area contributed by atoms with E-state index in [0.717, 1.165) is 37.7 Å². The number of nitrogens with zero attached hydrogens (tertiary/aromatic N) is 1. The third kappa shape index (κ3) is 4.31. The Balaban J connectivity index is 2.38. The van der Waals surface area contributed by atoms with Gasteiger partial charge in [-0.25, -0.2) is 0 Å². The molecule has 3 heteroatoms. The first-order chi connectivity index (χ1) is 12.3. The lowest BCUT2D eigenvalue weighted by Crippen LogP contribution is -2.44. The Bertz CT molecular complexity index is 617. The van der Waals surface area contributed by atoms with Crippen molar-refractivity contribution in [3.63, 3.8) is 0 Å². The van der Waals surface area contributed by atoms with Crippen LogP contribution in [0.5, 0.6) is 0 Å². The van der Waals surface area contributed by atoms with Gasteiger partial charge in [-0.3, -0.25) is 4.90 Å². The van der Waals surface area contributed by atoms with Gasteiger partial charge in [-0.2, -0.15) is 0 Å². The molecule has 0 spiro atoms. The van der Waals surface area contributed by atoms with Crippen molar-refractivity contribution in [1.29, 1.82) is 0 Å². The molecule has 0 aromatic heterocycles. The highest BCUT2D eigenvalue weighted by Crippen LogP contribution is 2.53. The highest BCUT2D eigenvalue weighted by atomic mass is 16.3. The molecule has 1 atom stereocenters. The fourth-order valence-electron chi connectivity index (χ4n) is 4.25. The van der Waals surface area contributed by atoms with Crippen LogP contribution in [0.4, 0.5) is 0 Å². The second kappa shape index (κ2) is 8.57. The Hall–Kier alpha value is -1.34. The van der Waals surface area contributed by atoms with Gasteiger partial charge in [-0.15, -0.1) is 0 Å². The molecule has 0 amide bonds. The van der Waals surface area contributed by atoms with Gasteiger partial charge in [0.15, 0.2) is 5.60 Å². The standard InChI is InChI=1S/C23H35NO2/c1-5-22(14-9-10-15-22)23(26,20-12-7-6-8-13-20)16-11-17-24(18-19-25)21(2,3)4/h6-8,12-13,25-26H,5,9-10,14-15,17-19H2,1-4H3. The van der Waals surface area contributed by atoms with Crippen LogP contribution in [0.1, 0.15) is 65.4 Å². The molecule has 1 aliphatic carbocycles. The number of aliphatic hydroxyl groups is 2. The first-order valence-electron chi connectivity index (χ1n) is 9.93. The third-order valence-electron chi connectivity index (χ3n) is 6.05. The van der Waals surface area contributed by atoms with Gasteiger partial charge in [-0.05, 0) is 45.6 Å². The maximum Gasteiger partial charge on any atom is 0.156 e. The number of aliphatic hydroxyl groups excluding tert-OH is 1. The summed E-state index contributed by atoms with van der Waals surface area (Å²) in [7, 11) is 0. The van der Waals surface area contributed by atoms with E-state index >= 15 is 0 Å². The molecule has 1 aromatic carbocycles. The Morgan fingerprint density at radius 3 is 2.23 bits per heavy atom. The highest BCUT2D eigenvalue weighted by Gasteiger charge is 2.50. The second-order valence-corrected chi connectivity index (χ2v) is 8.54. The van der Waals surface area contributed by atoms with Crippen molar-refractivity contribution in [2.45, 2.75) is 70.9 Å². The van der Waals surface area contributed by atoms with Crippen LogP contribution in [0.25, 0.3) is 0 Å². The highest BCUT2D eigenvalue weighted by molar-refractivity contribution is 5.36. The molecule has 144 valence electrons. The molecule has 0 aliphatic heterocycles. The van der Waals surface area contributed by atoms with E-state index in [1.54, 1.807) is 0 Å². The Kier molecular flexibility index (Phi) is 6.91. The molecule has 2 N–H and O–H groups in total. The summed E-state index contributed by atoms with van der Waals surface area (Å²) in [5, 5.41) is 21.2. The molecule has 26 heavy (non-hydrogen) atoms. The van der Waals surface area contributed by atoms with E-state index in [2.05, 4.69) is 44.4 Å². The minimum Gasteiger partial charge on any atom is -0.395 e. The van der Waals surface area contributed by atoms with Crippen LogP contribution < -0.4 is 0 Å². The second-order valence-electron chi connectivity index (χ2n) is 8.54. The molecular weight excluding hydrogens is 322 g/mol. The number of hydrogen-bond donors (Lipinski definition) is 2. The van der Waals surface area contributed by atoms with Crippen molar-refractivity contribution in [3.8, 4) is 11.8 Å². The average molecular weight is 358 g/mol. The predicted octanol–water partition coefficient (Wildman–Crippen LogP) is 3.94. The molecule has 1 aromatic rings. The number of benzene rings is 1. The molecule has 2 rings (SSSR count). The van der Waals surface area contributed by atoms with Crippen molar-refractivity contribution < 1.29 is 10.2 Å². The van der Waals surface area contributed by atoms with Crippen LogP contribution in [-0.2, 0) is 5.60 Å². The van der Waals surface area contributed by atoms with Gasteiger partial charge in [-0.1, -0.05) is 61.9 Å². The van der Waals surface area contributed by atoms with Crippen LogP contribution in [0.3, 0.4) is 0 Å². The summed E-state index contributed by atoms with van der Waals surface area (Å²) < 4.78 is 0. The molecule has 0 heterocycles. The summed E-state index contributed by atoms with van der Waals surface area (Å²) in [6.07, 6.45) is 5.27. The lowest BCUT2D eigenvalue weighted by atomic mass is 9.65. The average Bonchev–Trinajstić information content (AvgIpc) is 3.11. The van der Waals surface area contributed by atoms with Gasteiger partial charge in [0.25, 0.3) is 0 Å². The summed E-state index contributed by atoms with van der Waals surface area (Å²) in [6.45, 7) is 9.78. The number of β-amino-alcohol motifs (C(OH)–C–C–N with tert-alkyl or cyclic N) is 1. The monoisotopic (exact) mass is 357 g/mol.